The number of hydrogen-bond acceptors (Lipinski definition) is 9. The molecule has 2 rings (SSSR count). The summed E-state index contributed by atoms with van der Waals surface area (Å²) in [4.78, 5) is 14.5. The average molecular weight is 521 g/mol. The molecule has 1 aliphatic heterocycles. The van der Waals surface area contributed by atoms with E-state index in [1.807, 2.05) is 0 Å². The van der Waals surface area contributed by atoms with E-state index in [4.69, 9.17) is 10.7 Å². The highest BCUT2D eigenvalue weighted by molar-refractivity contribution is 5.72. The molecule has 214 valence electrons. The number of aliphatic hydroxyl groups excluding tert-OH is 1. The van der Waals surface area contributed by atoms with E-state index in [0.29, 0.717) is 0 Å². The number of anilines is 3. The standard InChI is InChI=1S/C28H56N8O/c1-4-13-33(14-5-2)16-7-9-31-12-19-36-21-20-35(27-24-26(29)25-32-28(27)36)18-11-30-10-8-17-34(15-6-3)22-23-37/h24-25,30-31,37H,4-23,29H2,1-3H3. The summed E-state index contributed by atoms with van der Waals surface area (Å²) in [5, 5.41) is 16.5. The first-order valence-corrected chi connectivity index (χ1v) is 14.8. The second-order valence-corrected chi connectivity index (χ2v) is 10.2. The largest absolute Gasteiger partial charge is 0.397 e. The summed E-state index contributed by atoms with van der Waals surface area (Å²) in [5.74, 6) is 1.05. The molecule has 0 saturated carbocycles. The molecule has 0 aliphatic carbocycles. The molecule has 0 saturated heterocycles. The van der Waals surface area contributed by atoms with Crippen molar-refractivity contribution in [1.29, 1.82) is 0 Å². The third-order valence-electron chi connectivity index (χ3n) is 6.96. The molecule has 0 aromatic carbocycles. The second-order valence-electron chi connectivity index (χ2n) is 10.2. The molecule has 9 heteroatoms. The molecule has 37 heavy (non-hydrogen) atoms. The van der Waals surface area contributed by atoms with Gasteiger partial charge in [0, 0.05) is 45.8 Å². The third-order valence-corrected chi connectivity index (χ3v) is 6.96. The van der Waals surface area contributed by atoms with Gasteiger partial charge in [0.15, 0.2) is 5.82 Å². The molecule has 0 bridgehead atoms. The van der Waals surface area contributed by atoms with Crippen molar-refractivity contribution < 1.29 is 5.11 Å². The highest BCUT2D eigenvalue weighted by Crippen LogP contribution is 2.32. The van der Waals surface area contributed by atoms with Crippen LogP contribution in [0.25, 0.3) is 0 Å². The predicted octanol–water partition coefficient (Wildman–Crippen LogP) is 2.08. The van der Waals surface area contributed by atoms with Gasteiger partial charge < -0.3 is 41.1 Å². The summed E-state index contributed by atoms with van der Waals surface area (Å²) in [6.45, 7) is 21.3. The maximum Gasteiger partial charge on any atom is 0.152 e. The van der Waals surface area contributed by atoms with Crippen molar-refractivity contribution in [2.75, 3.05) is 114 Å². The first-order chi connectivity index (χ1) is 18.1. The number of nitrogens with zero attached hydrogens (tertiary/aromatic N) is 5. The quantitative estimate of drug-likeness (QED) is 0.171. The lowest BCUT2D eigenvalue weighted by Gasteiger charge is -2.38. The predicted molar refractivity (Wildman–Crippen MR) is 159 cm³/mol. The SMILES string of the molecule is CCCN(CCC)CCCNCCN1CCN(CCNCCCN(CCC)CCO)c2cc(N)cnc21. The van der Waals surface area contributed by atoms with Crippen molar-refractivity contribution >= 4 is 17.2 Å². The highest BCUT2D eigenvalue weighted by Gasteiger charge is 2.23. The highest BCUT2D eigenvalue weighted by atomic mass is 16.3. The minimum atomic E-state index is 0.239. The Morgan fingerprint density at radius 3 is 1.92 bits per heavy atom. The third kappa shape index (κ3) is 12.2. The van der Waals surface area contributed by atoms with E-state index in [0.717, 1.165) is 102 Å². The van der Waals surface area contributed by atoms with Crippen LogP contribution in [-0.4, -0.2) is 118 Å². The molecule has 0 spiro atoms. The Labute approximate surface area is 226 Å². The van der Waals surface area contributed by atoms with Gasteiger partial charge in [-0.05, 0) is 84.0 Å². The van der Waals surface area contributed by atoms with Crippen molar-refractivity contribution in [3.63, 3.8) is 0 Å². The van der Waals surface area contributed by atoms with Crippen molar-refractivity contribution in [2.24, 2.45) is 0 Å². The fraction of sp³-hybridized carbons (Fsp3) is 0.821. The molecule has 0 amide bonds. The van der Waals surface area contributed by atoms with E-state index >= 15 is 0 Å². The molecule has 5 N–H and O–H groups in total. The number of aliphatic hydroxyl groups is 1. The minimum Gasteiger partial charge on any atom is -0.397 e. The van der Waals surface area contributed by atoms with Crippen molar-refractivity contribution in [3.8, 4) is 0 Å². The molecule has 1 aromatic rings. The van der Waals surface area contributed by atoms with E-state index in [9.17, 15) is 5.11 Å². The average Bonchev–Trinajstić information content (AvgIpc) is 2.89. The van der Waals surface area contributed by atoms with E-state index in [2.05, 4.69) is 57.1 Å². The molecule has 9 nitrogen and oxygen atoms in total. The normalized spacial score (nSPS) is 13.7. The van der Waals surface area contributed by atoms with E-state index in [1.54, 1.807) is 6.20 Å². The van der Waals surface area contributed by atoms with Crippen LogP contribution in [0, 0.1) is 0 Å². The van der Waals surface area contributed by atoms with Gasteiger partial charge in [-0.3, -0.25) is 0 Å². The fourth-order valence-corrected chi connectivity index (χ4v) is 5.15. The lowest BCUT2D eigenvalue weighted by atomic mass is 10.2. The Hall–Kier alpha value is -1.65. The van der Waals surface area contributed by atoms with Crippen LogP contribution in [-0.2, 0) is 0 Å². The topological polar surface area (TPSA) is 96.2 Å². The summed E-state index contributed by atoms with van der Waals surface area (Å²) in [6.07, 6.45) is 7.67. The number of fused-ring (bicyclic) bond motifs is 1. The number of aromatic nitrogens is 1. The summed E-state index contributed by atoms with van der Waals surface area (Å²) in [7, 11) is 0. The van der Waals surface area contributed by atoms with E-state index in [-0.39, 0.29) is 6.61 Å². The maximum absolute atomic E-state index is 9.21. The Morgan fingerprint density at radius 2 is 1.35 bits per heavy atom. The number of nitrogens with one attached hydrogen (secondary N) is 2. The van der Waals surface area contributed by atoms with Crippen LogP contribution in [0.1, 0.15) is 52.9 Å². The lowest BCUT2D eigenvalue weighted by Crippen LogP contribution is -2.46. The van der Waals surface area contributed by atoms with Gasteiger partial charge >= 0.3 is 0 Å². The Kier molecular flexibility index (Phi) is 16.6. The van der Waals surface area contributed by atoms with Crippen LogP contribution >= 0.6 is 0 Å². The van der Waals surface area contributed by atoms with Gasteiger partial charge in [-0.2, -0.15) is 0 Å². The number of nitrogens with two attached hydrogens (primary N) is 1. The van der Waals surface area contributed by atoms with Crippen LogP contribution < -0.4 is 26.2 Å². The first-order valence-electron chi connectivity index (χ1n) is 14.8. The number of rotatable bonds is 22. The fourth-order valence-electron chi connectivity index (χ4n) is 5.15. The second kappa shape index (κ2) is 19.4. The summed E-state index contributed by atoms with van der Waals surface area (Å²) < 4.78 is 0. The Morgan fingerprint density at radius 1 is 0.811 bits per heavy atom. The van der Waals surface area contributed by atoms with Crippen molar-refractivity contribution in [3.05, 3.63) is 12.3 Å². The zero-order chi connectivity index (χ0) is 26.7. The molecule has 1 aromatic heterocycles. The van der Waals surface area contributed by atoms with Gasteiger partial charge in [-0.15, -0.1) is 0 Å². The Bertz CT molecular complexity index is 695. The smallest absolute Gasteiger partial charge is 0.152 e. The maximum atomic E-state index is 9.21. The number of hydrogen-bond donors (Lipinski definition) is 4. The number of pyridine rings is 1. The summed E-state index contributed by atoms with van der Waals surface area (Å²) in [5.41, 5.74) is 8.00. The van der Waals surface area contributed by atoms with Gasteiger partial charge in [0.25, 0.3) is 0 Å². The molecule has 0 fully saturated rings. The van der Waals surface area contributed by atoms with Crippen molar-refractivity contribution in [2.45, 2.75) is 52.9 Å². The van der Waals surface area contributed by atoms with Crippen molar-refractivity contribution in [1.82, 2.24) is 25.4 Å². The van der Waals surface area contributed by atoms with E-state index in [1.165, 1.54) is 38.9 Å². The van der Waals surface area contributed by atoms with E-state index < -0.39 is 0 Å². The van der Waals surface area contributed by atoms with Crippen LogP contribution in [0.2, 0.25) is 0 Å². The zero-order valence-corrected chi connectivity index (χ0v) is 24.1. The molecular weight excluding hydrogens is 464 g/mol. The van der Waals surface area contributed by atoms with Crippen LogP contribution in [0.4, 0.5) is 17.2 Å². The monoisotopic (exact) mass is 520 g/mol. The molecule has 0 atom stereocenters. The van der Waals surface area contributed by atoms with Crippen LogP contribution in [0.5, 0.6) is 0 Å². The van der Waals surface area contributed by atoms with Gasteiger partial charge in [-0.25, -0.2) is 4.98 Å². The van der Waals surface area contributed by atoms with Crippen LogP contribution in [0.15, 0.2) is 12.3 Å². The molecule has 0 radical (unpaired) electrons. The van der Waals surface area contributed by atoms with Gasteiger partial charge in [0.1, 0.15) is 0 Å². The summed E-state index contributed by atoms with van der Waals surface area (Å²) >= 11 is 0. The number of nitrogen functional groups attached to an aromatic ring is 1. The lowest BCUT2D eigenvalue weighted by molar-refractivity contribution is 0.194. The summed E-state index contributed by atoms with van der Waals surface area (Å²) in [6, 6.07) is 2.08. The molecule has 1 aliphatic rings. The van der Waals surface area contributed by atoms with Gasteiger partial charge in [0.2, 0.25) is 0 Å². The zero-order valence-electron chi connectivity index (χ0n) is 24.1. The van der Waals surface area contributed by atoms with Gasteiger partial charge in [0.05, 0.1) is 24.2 Å². The Balaban J connectivity index is 1.72. The molecular formula is C28H56N8O. The van der Waals surface area contributed by atoms with Gasteiger partial charge in [-0.1, -0.05) is 20.8 Å². The minimum absolute atomic E-state index is 0.239. The molecule has 2 heterocycles. The van der Waals surface area contributed by atoms with Crippen LogP contribution in [0.3, 0.4) is 0 Å². The first kappa shape index (κ1) is 31.6. The molecule has 0 unspecified atom stereocenters.